The standard InChI is InChI=1S/C15H21ClF3N5O2/c1-8-11(16)12(15(17,18)19)23-24(8)9(2)13(25)21-22-14(26)20-10-6-4-3-5-7-10/h9-10H,3-7H2,1-2H3,(H,21,25)(H2,20,22,26). The maximum atomic E-state index is 12.9. The maximum Gasteiger partial charge on any atom is 0.436 e. The molecular weight excluding hydrogens is 375 g/mol. The van der Waals surface area contributed by atoms with Crippen LogP contribution < -0.4 is 16.2 Å². The lowest BCUT2D eigenvalue weighted by atomic mass is 9.96. The average molecular weight is 396 g/mol. The Hall–Kier alpha value is -1.97. The first-order valence-electron chi connectivity index (χ1n) is 8.29. The molecule has 0 spiro atoms. The van der Waals surface area contributed by atoms with Crippen LogP contribution in [0.3, 0.4) is 0 Å². The third-order valence-corrected chi connectivity index (χ3v) is 4.78. The molecule has 0 bridgehead atoms. The predicted molar refractivity (Wildman–Crippen MR) is 88.4 cm³/mol. The minimum absolute atomic E-state index is 0.00768. The zero-order valence-electron chi connectivity index (χ0n) is 14.4. The van der Waals surface area contributed by atoms with E-state index < -0.39 is 34.9 Å². The lowest BCUT2D eigenvalue weighted by molar-refractivity contribution is -0.141. The molecule has 26 heavy (non-hydrogen) atoms. The minimum Gasteiger partial charge on any atom is -0.334 e. The molecular formula is C15H21ClF3N5O2. The van der Waals surface area contributed by atoms with Crippen molar-refractivity contribution in [2.45, 2.75) is 64.2 Å². The van der Waals surface area contributed by atoms with Gasteiger partial charge in [0.2, 0.25) is 0 Å². The first-order chi connectivity index (χ1) is 12.1. The molecule has 3 amide bonds. The van der Waals surface area contributed by atoms with Crippen LogP contribution in [0.5, 0.6) is 0 Å². The average Bonchev–Trinajstić information content (AvgIpc) is 2.88. The second-order valence-electron chi connectivity index (χ2n) is 6.29. The Morgan fingerprint density at radius 2 is 1.85 bits per heavy atom. The van der Waals surface area contributed by atoms with Crippen LogP contribution >= 0.6 is 11.6 Å². The SMILES string of the molecule is Cc1c(Cl)c(C(F)(F)F)nn1C(C)C(=O)NNC(=O)NC1CCCCC1. The summed E-state index contributed by atoms with van der Waals surface area (Å²) in [5.41, 5.74) is 3.14. The number of nitrogens with zero attached hydrogens (tertiary/aromatic N) is 2. The molecule has 2 rings (SSSR count). The Kier molecular flexibility index (Phi) is 6.38. The molecule has 1 aliphatic carbocycles. The maximum absolute atomic E-state index is 12.9. The fourth-order valence-corrected chi connectivity index (χ4v) is 3.09. The summed E-state index contributed by atoms with van der Waals surface area (Å²) >= 11 is 5.67. The first kappa shape index (κ1) is 20.3. The van der Waals surface area contributed by atoms with Gasteiger partial charge < -0.3 is 5.32 Å². The fourth-order valence-electron chi connectivity index (χ4n) is 2.86. The number of hydrogen-bond donors (Lipinski definition) is 3. The van der Waals surface area contributed by atoms with E-state index in [2.05, 4.69) is 21.3 Å². The lowest BCUT2D eigenvalue weighted by Crippen LogP contribution is -2.51. The fraction of sp³-hybridized carbons (Fsp3) is 0.667. The lowest BCUT2D eigenvalue weighted by Gasteiger charge is -2.23. The van der Waals surface area contributed by atoms with Crippen LogP contribution in [0.15, 0.2) is 0 Å². The molecule has 1 atom stereocenters. The number of alkyl halides is 3. The van der Waals surface area contributed by atoms with Crippen LogP contribution in [0.1, 0.15) is 56.5 Å². The highest BCUT2D eigenvalue weighted by atomic mass is 35.5. The van der Waals surface area contributed by atoms with Crippen LogP contribution in [-0.4, -0.2) is 27.8 Å². The van der Waals surface area contributed by atoms with Gasteiger partial charge in [-0.05, 0) is 26.7 Å². The molecule has 3 N–H and O–H groups in total. The quantitative estimate of drug-likeness (QED) is 0.687. The summed E-state index contributed by atoms with van der Waals surface area (Å²) < 4.78 is 39.4. The van der Waals surface area contributed by atoms with Crippen molar-refractivity contribution in [3.8, 4) is 0 Å². The van der Waals surface area contributed by atoms with Crippen LogP contribution in [0.4, 0.5) is 18.0 Å². The van der Waals surface area contributed by atoms with Crippen LogP contribution in [0.25, 0.3) is 0 Å². The van der Waals surface area contributed by atoms with Gasteiger partial charge in [0.05, 0.1) is 10.7 Å². The molecule has 1 unspecified atom stereocenters. The van der Waals surface area contributed by atoms with Crippen molar-refractivity contribution in [2.75, 3.05) is 0 Å². The van der Waals surface area contributed by atoms with E-state index in [9.17, 15) is 22.8 Å². The second-order valence-corrected chi connectivity index (χ2v) is 6.67. The van der Waals surface area contributed by atoms with E-state index in [0.29, 0.717) is 0 Å². The molecule has 1 aromatic rings. The Labute approximate surface area is 153 Å². The monoisotopic (exact) mass is 395 g/mol. The van der Waals surface area contributed by atoms with E-state index in [1.54, 1.807) is 0 Å². The van der Waals surface area contributed by atoms with Crippen molar-refractivity contribution in [2.24, 2.45) is 0 Å². The van der Waals surface area contributed by atoms with Crippen LogP contribution in [0.2, 0.25) is 5.02 Å². The van der Waals surface area contributed by atoms with Crippen molar-refractivity contribution in [1.82, 2.24) is 25.9 Å². The number of carbonyl (C=O) groups is 2. The van der Waals surface area contributed by atoms with Gasteiger partial charge in [-0.15, -0.1) is 0 Å². The zero-order chi connectivity index (χ0) is 19.5. The van der Waals surface area contributed by atoms with Crippen molar-refractivity contribution < 1.29 is 22.8 Å². The largest absolute Gasteiger partial charge is 0.436 e. The number of halogens is 4. The zero-order valence-corrected chi connectivity index (χ0v) is 15.2. The van der Waals surface area contributed by atoms with Crippen molar-refractivity contribution in [3.63, 3.8) is 0 Å². The van der Waals surface area contributed by atoms with E-state index in [-0.39, 0.29) is 11.7 Å². The summed E-state index contributed by atoms with van der Waals surface area (Å²) in [6, 6.07) is -1.61. The topological polar surface area (TPSA) is 88.1 Å². The van der Waals surface area contributed by atoms with Gasteiger partial charge in [-0.2, -0.15) is 18.3 Å². The van der Waals surface area contributed by atoms with E-state index in [4.69, 9.17) is 11.6 Å². The van der Waals surface area contributed by atoms with Crippen LogP contribution in [-0.2, 0) is 11.0 Å². The molecule has 7 nitrogen and oxygen atoms in total. The highest BCUT2D eigenvalue weighted by Crippen LogP contribution is 2.36. The predicted octanol–water partition coefficient (Wildman–Crippen LogP) is 3.09. The normalized spacial score (nSPS) is 16.8. The number of carbonyl (C=O) groups excluding carboxylic acids is 2. The minimum atomic E-state index is -4.72. The van der Waals surface area contributed by atoms with Crippen molar-refractivity contribution >= 4 is 23.5 Å². The molecule has 1 saturated carbocycles. The number of hydrazine groups is 1. The van der Waals surface area contributed by atoms with Gasteiger partial charge in [-0.1, -0.05) is 30.9 Å². The summed E-state index contributed by atoms with van der Waals surface area (Å²) in [5, 5.41) is 5.58. The summed E-state index contributed by atoms with van der Waals surface area (Å²) in [6.45, 7) is 2.68. The number of nitrogens with one attached hydrogen (secondary N) is 3. The van der Waals surface area contributed by atoms with Crippen LogP contribution in [0, 0.1) is 6.92 Å². The summed E-state index contributed by atoms with van der Waals surface area (Å²) in [5.74, 6) is -0.722. The molecule has 0 saturated heterocycles. The number of hydrogen-bond acceptors (Lipinski definition) is 3. The van der Waals surface area contributed by atoms with E-state index in [0.717, 1.165) is 36.8 Å². The molecule has 0 aliphatic heterocycles. The Bertz CT molecular complexity index is 671. The molecule has 0 aromatic carbocycles. The van der Waals surface area contributed by atoms with Gasteiger partial charge >= 0.3 is 12.2 Å². The van der Waals surface area contributed by atoms with Gasteiger partial charge in [0.15, 0.2) is 5.69 Å². The van der Waals surface area contributed by atoms with Crippen molar-refractivity contribution in [3.05, 3.63) is 16.4 Å². The van der Waals surface area contributed by atoms with Gasteiger partial charge in [0.1, 0.15) is 6.04 Å². The summed E-state index contributed by atoms with van der Waals surface area (Å²) in [6.07, 6.45) is 0.248. The van der Waals surface area contributed by atoms with E-state index >= 15 is 0 Å². The van der Waals surface area contributed by atoms with E-state index in [1.165, 1.54) is 13.8 Å². The Balaban J connectivity index is 1.94. The molecule has 146 valence electrons. The molecule has 1 heterocycles. The highest BCUT2D eigenvalue weighted by Gasteiger charge is 2.39. The molecule has 1 aromatic heterocycles. The van der Waals surface area contributed by atoms with Gasteiger partial charge in [0, 0.05) is 6.04 Å². The Morgan fingerprint density at radius 3 is 2.38 bits per heavy atom. The summed E-state index contributed by atoms with van der Waals surface area (Å²) in [4.78, 5) is 23.9. The Morgan fingerprint density at radius 1 is 1.23 bits per heavy atom. The highest BCUT2D eigenvalue weighted by molar-refractivity contribution is 6.32. The number of urea groups is 1. The summed E-state index contributed by atoms with van der Waals surface area (Å²) in [7, 11) is 0. The number of rotatable bonds is 3. The molecule has 11 heteroatoms. The second kappa shape index (κ2) is 8.15. The smallest absolute Gasteiger partial charge is 0.334 e. The number of amides is 3. The molecule has 1 fully saturated rings. The molecule has 0 radical (unpaired) electrons. The van der Waals surface area contributed by atoms with E-state index in [1.807, 2.05) is 0 Å². The number of aromatic nitrogens is 2. The third-order valence-electron chi connectivity index (χ3n) is 4.33. The third kappa shape index (κ3) is 4.80. The molecule has 1 aliphatic rings. The van der Waals surface area contributed by atoms with Gasteiger partial charge in [0.25, 0.3) is 5.91 Å². The first-order valence-corrected chi connectivity index (χ1v) is 8.67. The van der Waals surface area contributed by atoms with Gasteiger partial charge in [-0.3, -0.25) is 14.9 Å². The van der Waals surface area contributed by atoms with Crippen molar-refractivity contribution in [1.29, 1.82) is 0 Å². The van der Waals surface area contributed by atoms with Gasteiger partial charge in [-0.25, -0.2) is 10.2 Å².